The zero-order chi connectivity index (χ0) is 27.2. The van der Waals surface area contributed by atoms with Gasteiger partial charge in [-0.15, -0.1) is 0 Å². The van der Waals surface area contributed by atoms with Gasteiger partial charge in [0.1, 0.15) is 0 Å². The molecule has 0 fully saturated rings. The number of aromatic nitrogens is 3. The Morgan fingerprint density at radius 3 is 2.32 bits per heavy atom. The minimum Gasteiger partial charge on any atom is -0.478 e. The number of hydrogen-bond donors (Lipinski definition) is 1. The van der Waals surface area contributed by atoms with Gasteiger partial charge >= 0.3 is 18.3 Å². The monoisotopic (exact) mass is 528 g/mol. The highest BCUT2D eigenvalue weighted by atomic mass is 19.4. The number of alkyl halides is 6. The smallest absolute Gasteiger partial charge is 0.416 e. The molecule has 13 heteroatoms. The number of anilines is 1. The summed E-state index contributed by atoms with van der Waals surface area (Å²) < 4.78 is 85.6. The van der Waals surface area contributed by atoms with Crippen molar-refractivity contribution in [1.82, 2.24) is 15.0 Å². The molecule has 2 heterocycles. The number of carboxylic acids is 1. The van der Waals surface area contributed by atoms with Crippen LogP contribution >= 0.6 is 0 Å². The lowest BCUT2D eigenvalue weighted by Crippen LogP contribution is -2.28. The number of carbonyl (C=O) groups is 1. The van der Waals surface area contributed by atoms with Crippen LogP contribution in [0, 0.1) is 0 Å². The van der Waals surface area contributed by atoms with Gasteiger partial charge in [0.2, 0.25) is 11.8 Å². The number of ether oxygens (including phenoxy) is 1. The van der Waals surface area contributed by atoms with Crippen LogP contribution in [0.1, 0.15) is 46.1 Å². The van der Waals surface area contributed by atoms with E-state index >= 15 is 0 Å². The summed E-state index contributed by atoms with van der Waals surface area (Å²) in [5.41, 5.74) is -2.60. The number of aromatic carboxylic acids is 1. The SMILES string of the molecule is CCc1cnc(N(CCCOc2cccc(C(=O)O)n2)Cc2ccc(C(F)(F)F)cc2C(F)(F)F)nc1. The second-order valence-electron chi connectivity index (χ2n) is 7.90. The molecule has 0 saturated heterocycles. The van der Waals surface area contributed by atoms with E-state index in [1.54, 1.807) is 0 Å². The van der Waals surface area contributed by atoms with Crippen LogP contribution < -0.4 is 9.64 Å². The van der Waals surface area contributed by atoms with Crippen molar-refractivity contribution < 1.29 is 41.0 Å². The average Bonchev–Trinajstić information content (AvgIpc) is 2.85. The van der Waals surface area contributed by atoms with Gasteiger partial charge in [-0.2, -0.15) is 26.3 Å². The fourth-order valence-electron chi connectivity index (χ4n) is 3.35. The Bertz CT molecular complexity index is 1220. The van der Waals surface area contributed by atoms with E-state index in [1.807, 2.05) is 6.92 Å². The van der Waals surface area contributed by atoms with Crippen LogP contribution in [-0.2, 0) is 25.3 Å². The third-order valence-corrected chi connectivity index (χ3v) is 5.25. The third kappa shape index (κ3) is 7.54. The van der Waals surface area contributed by atoms with Crippen molar-refractivity contribution in [3.05, 3.63) is 76.7 Å². The first-order valence-corrected chi connectivity index (χ1v) is 11.0. The fraction of sp³-hybridized carbons (Fsp3) is 0.333. The zero-order valence-corrected chi connectivity index (χ0v) is 19.5. The number of pyridine rings is 1. The molecular formula is C24H22F6N4O3. The summed E-state index contributed by atoms with van der Waals surface area (Å²) in [6.45, 7) is 1.57. The molecule has 1 aromatic carbocycles. The zero-order valence-electron chi connectivity index (χ0n) is 19.5. The molecule has 0 spiro atoms. The lowest BCUT2D eigenvalue weighted by Gasteiger charge is -2.25. The first-order chi connectivity index (χ1) is 17.4. The maximum absolute atomic E-state index is 13.7. The van der Waals surface area contributed by atoms with Gasteiger partial charge in [0.15, 0.2) is 5.69 Å². The van der Waals surface area contributed by atoms with Gasteiger partial charge in [0.25, 0.3) is 0 Å². The van der Waals surface area contributed by atoms with E-state index in [4.69, 9.17) is 9.84 Å². The molecule has 3 rings (SSSR count). The standard InChI is InChI=1S/C24H22F6N4O3/c1-2-15-12-31-22(32-13-15)34(9-4-10-37-20-6-3-5-19(33-20)21(35)36)14-16-7-8-17(23(25,26)27)11-18(16)24(28,29)30/h3,5-8,11-13H,2,4,9-10,14H2,1H3,(H,35,36). The van der Waals surface area contributed by atoms with Gasteiger partial charge in [-0.3, -0.25) is 0 Å². The van der Waals surface area contributed by atoms with E-state index in [0.717, 1.165) is 11.6 Å². The summed E-state index contributed by atoms with van der Waals surface area (Å²) in [6.07, 6.45) is -6.04. The fourth-order valence-corrected chi connectivity index (χ4v) is 3.35. The summed E-state index contributed by atoms with van der Waals surface area (Å²) >= 11 is 0. The third-order valence-electron chi connectivity index (χ3n) is 5.25. The number of rotatable bonds is 10. The number of nitrogens with zero attached hydrogens (tertiary/aromatic N) is 4. The molecule has 7 nitrogen and oxygen atoms in total. The van der Waals surface area contributed by atoms with E-state index < -0.39 is 36.0 Å². The Balaban J connectivity index is 1.82. The molecule has 0 aliphatic carbocycles. The molecule has 0 atom stereocenters. The summed E-state index contributed by atoms with van der Waals surface area (Å²) in [6, 6.07) is 5.69. The lowest BCUT2D eigenvalue weighted by molar-refractivity contribution is -0.143. The van der Waals surface area contributed by atoms with Gasteiger partial charge in [-0.25, -0.2) is 19.7 Å². The minimum absolute atomic E-state index is 0.0265. The molecule has 2 aromatic heterocycles. The van der Waals surface area contributed by atoms with Crippen LogP contribution in [-0.4, -0.2) is 39.2 Å². The molecule has 0 bridgehead atoms. The number of carboxylic acid groups (broad SMARTS) is 1. The predicted molar refractivity (Wildman–Crippen MR) is 120 cm³/mol. The number of hydrogen-bond acceptors (Lipinski definition) is 6. The maximum Gasteiger partial charge on any atom is 0.416 e. The Kier molecular flexibility index (Phi) is 8.56. The molecule has 0 unspecified atom stereocenters. The largest absolute Gasteiger partial charge is 0.478 e. The molecular weight excluding hydrogens is 506 g/mol. The number of benzene rings is 1. The van der Waals surface area contributed by atoms with E-state index in [1.165, 1.54) is 35.5 Å². The molecule has 0 amide bonds. The Morgan fingerprint density at radius 1 is 1.03 bits per heavy atom. The normalized spacial score (nSPS) is 11.9. The van der Waals surface area contributed by atoms with E-state index in [0.29, 0.717) is 12.5 Å². The Morgan fingerprint density at radius 2 is 1.73 bits per heavy atom. The highest BCUT2D eigenvalue weighted by Crippen LogP contribution is 2.38. The van der Waals surface area contributed by atoms with Crippen molar-refractivity contribution in [2.45, 2.75) is 38.7 Å². The van der Waals surface area contributed by atoms with Crippen molar-refractivity contribution >= 4 is 11.9 Å². The quantitative estimate of drug-likeness (QED) is 0.269. The van der Waals surface area contributed by atoms with Gasteiger partial charge in [-0.05, 0) is 42.2 Å². The number of halogens is 6. The highest BCUT2D eigenvalue weighted by molar-refractivity contribution is 5.85. The van der Waals surface area contributed by atoms with Crippen LogP contribution in [0.5, 0.6) is 5.88 Å². The molecule has 0 saturated carbocycles. The van der Waals surface area contributed by atoms with Crippen molar-refractivity contribution in [1.29, 1.82) is 0 Å². The maximum atomic E-state index is 13.7. The summed E-state index contributed by atoms with van der Waals surface area (Å²) in [4.78, 5) is 24.7. The highest BCUT2D eigenvalue weighted by Gasteiger charge is 2.38. The molecule has 0 radical (unpaired) electrons. The van der Waals surface area contributed by atoms with E-state index in [2.05, 4.69) is 15.0 Å². The van der Waals surface area contributed by atoms with Crippen molar-refractivity contribution in [3.63, 3.8) is 0 Å². The first kappa shape index (κ1) is 27.7. The van der Waals surface area contributed by atoms with Crippen molar-refractivity contribution in [2.75, 3.05) is 18.1 Å². The molecule has 0 aliphatic rings. The topological polar surface area (TPSA) is 88.4 Å². The summed E-state index contributed by atoms with van der Waals surface area (Å²) in [5.74, 6) is -1.09. The molecule has 0 aliphatic heterocycles. The van der Waals surface area contributed by atoms with E-state index in [-0.39, 0.29) is 48.7 Å². The lowest BCUT2D eigenvalue weighted by atomic mass is 10.0. The molecule has 3 aromatic rings. The predicted octanol–water partition coefficient (Wildman–Crippen LogP) is 5.65. The van der Waals surface area contributed by atoms with Crippen LogP contribution in [0.15, 0.2) is 48.8 Å². The summed E-state index contributed by atoms with van der Waals surface area (Å²) in [5, 5.41) is 9.02. The van der Waals surface area contributed by atoms with Gasteiger partial charge in [0, 0.05) is 31.5 Å². The van der Waals surface area contributed by atoms with Crippen molar-refractivity contribution in [2.24, 2.45) is 0 Å². The average molecular weight is 528 g/mol. The summed E-state index contributed by atoms with van der Waals surface area (Å²) in [7, 11) is 0. The van der Waals surface area contributed by atoms with Gasteiger partial charge in [0.05, 0.1) is 17.7 Å². The number of aryl methyl sites for hydroxylation is 1. The second kappa shape index (κ2) is 11.4. The first-order valence-electron chi connectivity index (χ1n) is 11.0. The van der Waals surface area contributed by atoms with Crippen LogP contribution in [0.3, 0.4) is 0 Å². The van der Waals surface area contributed by atoms with Gasteiger partial charge < -0.3 is 14.7 Å². The van der Waals surface area contributed by atoms with Crippen LogP contribution in [0.25, 0.3) is 0 Å². The molecule has 198 valence electrons. The van der Waals surface area contributed by atoms with Gasteiger partial charge in [-0.1, -0.05) is 19.1 Å². The van der Waals surface area contributed by atoms with Crippen LogP contribution in [0.4, 0.5) is 32.3 Å². The molecule has 37 heavy (non-hydrogen) atoms. The minimum atomic E-state index is -5.01. The Labute approximate surface area is 207 Å². The second-order valence-corrected chi connectivity index (χ2v) is 7.90. The van der Waals surface area contributed by atoms with Crippen LogP contribution in [0.2, 0.25) is 0 Å². The molecule has 1 N–H and O–H groups in total. The van der Waals surface area contributed by atoms with Crippen molar-refractivity contribution in [3.8, 4) is 5.88 Å². The Hall–Kier alpha value is -3.90. The van der Waals surface area contributed by atoms with E-state index in [9.17, 15) is 31.1 Å².